The van der Waals surface area contributed by atoms with Crippen molar-refractivity contribution in [2.24, 2.45) is 0 Å². The zero-order valence-corrected chi connectivity index (χ0v) is 18.5. The molecule has 1 aliphatic rings. The van der Waals surface area contributed by atoms with E-state index in [1.54, 1.807) is 0 Å². The Labute approximate surface area is 183 Å². The molecule has 0 radical (unpaired) electrons. The van der Waals surface area contributed by atoms with E-state index in [-0.39, 0.29) is 12.5 Å². The molecule has 0 atom stereocenters. The van der Waals surface area contributed by atoms with Crippen molar-refractivity contribution in [1.82, 2.24) is 4.98 Å². The van der Waals surface area contributed by atoms with E-state index in [9.17, 15) is 4.79 Å². The lowest BCUT2D eigenvalue weighted by atomic mass is 10.2. The topological polar surface area (TPSA) is 51.2 Å². The number of thioether (sulfide) groups is 2. The maximum absolute atomic E-state index is 12.3. The standard InChI is InChI=1S/C22H22N2O2S3/c1-15-20(16-6-3-2-4-7-16)29-22(23-15)24-19(25)14-26-18-10-8-17(9-11-18)21-27-12-5-13-28-21/h2-4,6-11,21H,5,12-14H2,1H3,(H,23,24,25). The van der Waals surface area contributed by atoms with Crippen molar-refractivity contribution >= 4 is 45.9 Å². The summed E-state index contributed by atoms with van der Waals surface area (Å²) >= 11 is 5.47. The van der Waals surface area contributed by atoms with Gasteiger partial charge >= 0.3 is 0 Å². The Hall–Kier alpha value is -1.96. The molecule has 1 aromatic heterocycles. The van der Waals surface area contributed by atoms with Gasteiger partial charge in [-0.3, -0.25) is 10.1 Å². The largest absolute Gasteiger partial charge is 0.484 e. The molecule has 0 bridgehead atoms. The fourth-order valence-electron chi connectivity index (χ4n) is 3.01. The van der Waals surface area contributed by atoms with Gasteiger partial charge < -0.3 is 4.74 Å². The number of hydrogen-bond donors (Lipinski definition) is 1. The molecule has 1 N–H and O–H groups in total. The number of benzene rings is 2. The molecule has 1 amide bonds. The molecule has 0 spiro atoms. The maximum Gasteiger partial charge on any atom is 0.264 e. The van der Waals surface area contributed by atoms with Gasteiger partial charge in [0.2, 0.25) is 0 Å². The third-order valence-corrected chi connectivity index (χ3v) is 8.57. The molecule has 1 saturated heterocycles. The Morgan fingerprint density at radius 1 is 1.10 bits per heavy atom. The summed E-state index contributed by atoms with van der Waals surface area (Å²) in [7, 11) is 0. The van der Waals surface area contributed by atoms with Crippen molar-refractivity contribution in [2.75, 3.05) is 23.4 Å². The fraction of sp³-hybridized carbons (Fsp3) is 0.273. The van der Waals surface area contributed by atoms with E-state index < -0.39 is 0 Å². The van der Waals surface area contributed by atoms with Crippen molar-refractivity contribution < 1.29 is 9.53 Å². The summed E-state index contributed by atoms with van der Waals surface area (Å²) in [5, 5.41) is 3.44. The van der Waals surface area contributed by atoms with Crippen LogP contribution in [0.3, 0.4) is 0 Å². The minimum Gasteiger partial charge on any atom is -0.484 e. The molecule has 7 heteroatoms. The molecule has 2 heterocycles. The number of nitrogens with zero attached hydrogens (tertiary/aromatic N) is 1. The normalized spacial score (nSPS) is 14.5. The molecule has 0 saturated carbocycles. The van der Waals surface area contributed by atoms with Crippen LogP contribution in [0, 0.1) is 6.92 Å². The van der Waals surface area contributed by atoms with Gasteiger partial charge in [-0.2, -0.15) is 0 Å². The first kappa shape index (κ1) is 20.3. The number of aromatic nitrogens is 1. The predicted octanol–water partition coefficient (Wildman–Crippen LogP) is 6.00. The van der Waals surface area contributed by atoms with E-state index in [1.165, 1.54) is 34.8 Å². The zero-order chi connectivity index (χ0) is 20.1. The van der Waals surface area contributed by atoms with Crippen LogP contribution in [0.5, 0.6) is 5.75 Å². The number of hydrogen-bond acceptors (Lipinski definition) is 6. The second kappa shape index (κ2) is 9.69. The molecule has 0 aliphatic carbocycles. The van der Waals surface area contributed by atoms with E-state index in [0.717, 1.165) is 16.1 Å². The summed E-state index contributed by atoms with van der Waals surface area (Å²) in [6, 6.07) is 18.2. The molecule has 4 rings (SSSR count). The summed E-state index contributed by atoms with van der Waals surface area (Å²) in [5.74, 6) is 2.94. The van der Waals surface area contributed by atoms with Crippen LogP contribution in [-0.2, 0) is 4.79 Å². The molecule has 2 aromatic carbocycles. The number of amides is 1. The maximum atomic E-state index is 12.3. The monoisotopic (exact) mass is 442 g/mol. The third kappa shape index (κ3) is 5.35. The first-order chi connectivity index (χ1) is 14.2. The lowest BCUT2D eigenvalue weighted by molar-refractivity contribution is -0.118. The van der Waals surface area contributed by atoms with Gasteiger partial charge in [0.05, 0.1) is 15.2 Å². The molecule has 29 heavy (non-hydrogen) atoms. The quantitative estimate of drug-likeness (QED) is 0.507. The fourth-order valence-corrected chi connectivity index (χ4v) is 6.90. The summed E-state index contributed by atoms with van der Waals surface area (Å²) in [5.41, 5.74) is 3.32. The van der Waals surface area contributed by atoms with Gasteiger partial charge in [0.25, 0.3) is 5.91 Å². The van der Waals surface area contributed by atoms with Crippen LogP contribution in [-0.4, -0.2) is 29.0 Å². The Morgan fingerprint density at radius 2 is 1.83 bits per heavy atom. The Bertz CT molecular complexity index is 952. The smallest absolute Gasteiger partial charge is 0.264 e. The van der Waals surface area contributed by atoms with Gasteiger partial charge in [0.1, 0.15) is 5.75 Å². The highest BCUT2D eigenvalue weighted by atomic mass is 32.2. The van der Waals surface area contributed by atoms with Crippen molar-refractivity contribution in [3.8, 4) is 16.2 Å². The van der Waals surface area contributed by atoms with Gasteiger partial charge in [0.15, 0.2) is 11.7 Å². The summed E-state index contributed by atoms with van der Waals surface area (Å²) in [6.45, 7) is 1.92. The molecule has 1 aliphatic heterocycles. The van der Waals surface area contributed by atoms with E-state index in [1.807, 2.05) is 72.9 Å². The number of carbonyl (C=O) groups is 1. The average Bonchev–Trinajstić information content (AvgIpc) is 3.14. The molecule has 1 fully saturated rings. The highest BCUT2D eigenvalue weighted by Gasteiger charge is 2.16. The van der Waals surface area contributed by atoms with Crippen LogP contribution < -0.4 is 10.1 Å². The number of anilines is 1. The van der Waals surface area contributed by atoms with Crippen LogP contribution in [0.2, 0.25) is 0 Å². The minimum absolute atomic E-state index is 0.0361. The van der Waals surface area contributed by atoms with E-state index >= 15 is 0 Å². The molecule has 3 aromatic rings. The predicted molar refractivity (Wildman–Crippen MR) is 125 cm³/mol. The number of thiazole rings is 1. The highest BCUT2D eigenvalue weighted by molar-refractivity contribution is 8.16. The summed E-state index contributed by atoms with van der Waals surface area (Å²) < 4.78 is 6.16. The van der Waals surface area contributed by atoms with E-state index in [4.69, 9.17) is 4.74 Å². The Balaban J connectivity index is 1.31. The Kier molecular flexibility index (Phi) is 6.79. The van der Waals surface area contributed by atoms with Crippen LogP contribution in [0.25, 0.3) is 10.4 Å². The van der Waals surface area contributed by atoms with Gasteiger partial charge in [0, 0.05) is 0 Å². The number of aryl methyl sites for hydroxylation is 1. The van der Waals surface area contributed by atoms with Gasteiger partial charge in [-0.25, -0.2) is 4.98 Å². The molecule has 150 valence electrons. The van der Waals surface area contributed by atoms with Crippen LogP contribution in [0.15, 0.2) is 54.6 Å². The summed E-state index contributed by atoms with van der Waals surface area (Å²) in [6.07, 6.45) is 1.29. The average molecular weight is 443 g/mol. The lowest BCUT2D eigenvalue weighted by Crippen LogP contribution is -2.20. The van der Waals surface area contributed by atoms with Crippen molar-refractivity contribution in [1.29, 1.82) is 0 Å². The molecular formula is C22H22N2O2S3. The SMILES string of the molecule is Cc1nc(NC(=O)COc2ccc(C3SCCCS3)cc2)sc1-c1ccccc1. The van der Waals surface area contributed by atoms with Gasteiger partial charge in [-0.1, -0.05) is 53.8 Å². The van der Waals surface area contributed by atoms with E-state index in [2.05, 4.69) is 22.4 Å². The van der Waals surface area contributed by atoms with Crippen LogP contribution >= 0.6 is 34.9 Å². The van der Waals surface area contributed by atoms with Crippen molar-refractivity contribution in [3.05, 3.63) is 65.9 Å². The second-order valence-electron chi connectivity index (χ2n) is 6.63. The number of ether oxygens (including phenoxy) is 1. The molecule has 0 unspecified atom stereocenters. The minimum atomic E-state index is -0.208. The first-order valence-corrected chi connectivity index (χ1v) is 12.4. The third-order valence-electron chi connectivity index (χ3n) is 4.43. The van der Waals surface area contributed by atoms with Gasteiger partial charge in [-0.15, -0.1) is 23.5 Å². The van der Waals surface area contributed by atoms with Crippen LogP contribution in [0.4, 0.5) is 5.13 Å². The highest BCUT2D eigenvalue weighted by Crippen LogP contribution is 2.43. The first-order valence-electron chi connectivity index (χ1n) is 9.48. The zero-order valence-electron chi connectivity index (χ0n) is 16.1. The lowest BCUT2D eigenvalue weighted by Gasteiger charge is -2.21. The Morgan fingerprint density at radius 3 is 2.55 bits per heavy atom. The van der Waals surface area contributed by atoms with Gasteiger partial charge in [-0.05, 0) is 48.1 Å². The number of carbonyl (C=O) groups excluding carboxylic acids is 1. The van der Waals surface area contributed by atoms with Crippen LogP contribution in [0.1, 0.15) is 22.3 Å². The molecular weight excluding hydrogens is 420 g/mol. The molecule has 4 nitrogen and oxygen atoms in total. The second-order valence-corrected chi connectivity index (χ2v) is 10.4. The number of nitrogens with one attached hydrogen (secondary N) is 1. The number of rotatable bonds is 6. The van der Waals surface area contributed by atoms with E-state index in [0.29, 0.717) is 15.5 Å². The summed E-state index contributed by atoms with van der Waals surface area (Å²) in [4.78, 5) is 17.8. The van der Waals surface area contributed by atoms with Crippen molar-refractivity contribution in [2.45, 2.75) is 17.9 Å². The van der Waals surface area contributed by atoms with Crippen molar-refractivity contribution in [3.63, 3.8) is 0 Å².